The van der Waals surface area contributed by atoms with Crippen LogP contribution in [0.4, 0.5) is 4.79 Å². The number of fused-ring (bicyclic) bond motifs is 2. The number of methoxy groups -OCH3 is 2. The summed E-state index contributed by atoms with van der Waals surface area (Å²) in [5.41, 5.74) is 7.65. The van der Waals surface area contributed by atoms with E-state index in [1.165, 1.54) is 20.3 Å². The van der Waals surface area contributed by atoms with Gasteiger partial charge in [0, 0.05) is 37.8 Å². The number of aliphatic hydroxyl groups excluding tert-OH is 1. The summed E-state index contributed by atoms with van der Waals surface area (Å²) >= 11 is 0. The highest BCUT2D eigenvalue weighted by Gasteiger charge is 2.33. The molecule has 0 aromatic carbocycles. The zero-order valence-corrected chi connectivity index (χ0v) is 28.0. The molecule has 2 bridgehead atoms. The second-order valence-electron chi connectivity index (χ2n) is 11.6. The standard InChI is InChI=1S/C34H50N4O8/c1-9-14-36-29-24-16-20(3)17-28(44-8)30(39)22(5)18-23(6)32(46-34(35)42)27(43-7)13-11-12-21(4)33(41)37-26(31(24)40)19-25(29)38-45-15-10-2/h10-13,18-20,22,27-28,30,32,36,39H,2,9,14-17H2,1,3-8H3,(H2,35,42)(H,37,41)/b13-11-,21-12+,23-18+,38-25+/t20-,22+,27+,28+,30-,32+/m1/s1. The molecule has 0 aromatic rings. The van der Waals surface area contributed by atoms with Gasteiger partial charge in [-0.05, 0) is 50.7 Å². The first-order valence-corrected chi connectivity index (χ1v) is 15.5. The molecule has 5 N–H and O–H groups in total. The third-order valence-corrected chi connectivity index (χ3v) is 7.72. The monoisotopic (exact) mass is 642 g/mol. The smallest absolute Gasteiger partial charge is 0.405 e. The fraction of sp³-hybridized carbons (Fsp3) is 0.529. The van der Waals surface area contributed by atoms with Crippen LogP contribution in [0.1, 0.15) is 53.9 Å². The molecule has 12 nitrogen and oxygen atoms in total. The van der Waals surface area contributed by atoms with Crippen LogP contribution in [0.5, 0.6) is 0 Å². The summed E-state index contributed by atoms with van der Waals surface area (Å²) < 4.78 is 16.7. The molecule has 1 heterocycles. The molecule has 0 spiro atoms. The third kappa shape index (κ3) is 10.8. The minimum Gasteiger partial charge on any atom is -0.439 e. The molecule has 2 aliphatic rings. The van der Waals surface area contributed by atoms with Crippen molar-refractivity contribution in [3.05, 3.63) is 71.1 Å². The maximum atomic E-state index is 13.9. The zero-order chi connectivity index (χ0) is 34.4. The first-order chi connectivity index (χ1) is 21.9. The summed E-state index contributed by atoms with van der Waals surface area (Å²) in [5, 5.41) is 21.7. The zero-order valence-electron chi connectivity index (χ0n) is 28.0. The number of allylic oxidation sites excluding steroid dienone is 4. The number of nitrogens with one attached hydrogen (secondary N) is 2. The van der Waals surface area contributed by atoms with Crippen molar-refractivity contribution >= 4 is 23.5 Å². The number of carbonyl (C=O) groups excluding carboxylic acids is 3. The van der Waals surface area contributed by atoms with Gasteiger partial charge in [0.2, 0.25) is 5.78 Å². The molecular formula is C34H50N4O8. The van der Waals surface area contributed by atoms with Crippen LogP contribution < -0.4 is 16.4 Å². The largest absolute Gasteiger partial charge is 0.439 e. The number of ketones is 1. The average Bonchev–Trinajstić information content (AvgIpc) is 3.01. The molecule has 0 saturated carbocycles. The fourth-order valence-corrected chi connectivity index (χ4v) is 5.27. The number of amides is 2. The summed E-state index contributed by atoms with van der Waals surface area (Å²) in [7, 11) is 2.98. The van der Waals surface area contributed by atoms with E-state index in [1.54, 1.807) is 44.2 Å². The van der Waals surface area contributed by atoms with E-state index < -0.39 is 42.3 Å². The van der Waals surface area contributed by atoms with Gasteiger partial charge in [-0.2, -0.15) is 0 Å². The Balaban J connectivity index is 2.71. The normalized spacial score (nSPS) is 30.7. The minimum absolute atomic E-state index is 0.0475. The van der Waals surface area contributed by atoms with Crippen molar-refractivity contribution in [3.63, 3.8) is 0 Å². The van der Waals surface area contributed by atoms with Gasteiger partial charge in [0.25, 0.3) is 5.91 Å². The van der Waals surface area contributed by atoms with Crippen LogP contribution in [-0.2, 0) is 28.6 Å². The predicted octanol–water partition coefficient (Wildman–Crippen LogP) is 3.75. The summed E-state index contributed by atoms with van der Waals surface area (Å²) in [6.07, 6.45) is 6.92. The lowest BCUT2D eigenvalue weighted by Crippen LogP contribution is -2.38. The van der Waals surface area contributed by atoms with E-state index in [9.17, 15) is 19.5 Å². The summed E-state index contributed by atoms with van der Waals surface area (Å²) in [6.45, 7) is 13.5. The molecular weight excluding hydrogens is 592 g/mol. The van der Waals surface area contributed by atoms with Crippen molar-refractivity contribution in [2.24, 2.45) is 22.7 Å². The van der Waals surface area contributed by atoms with Gasteiger partial charge >= 0.3 is 6.09 Å². The van der Waals surface area contributed by atoms with Gasteiger partial charge in [-0.25, -0.2) is 4.79 Å². The topological polar surface area (TPSA) is 171 Å². The minimum atomic E-state index is -0.988. The van der Waals surface area contributed by atoms with E-state index >= 15 is 0 Å². The highest BCUT2D eigenvalue weighted by Crippen LogP contribution is 2.29. The van der Waals surface area contributed by atoms with Crippen LogP contribution in [0.3, 0.4) is 0 Å². The summed E-state index contributed by atoms with van der Waals surface area (Å²) in [6, 6.07) is 0. The van der Waals surface area contributed by atoms with Crippen LogP contribution >= 0.6 is 0 Å². The number of Topliss-reactive ketones (excluding diaryl/α,β-unsaturated/α-hetero) is 1. The second-order valence-corrected chi connectivity index (χ2v) is 11.6. The van der Waals surface area contributed by atoms with Crippen molar-refractivity contribution < 1.29 is 38.5 Å². The molecule has 2 amide bonds. The van der Waals surface area contributed by atoms with Crippen LogP contribution in [0, 0.1) is 11.8 Å². The Morgan fingerprint density at radius 1 is 1.24 bits per heavy atom. The molecule has 0 saturated heterocycles. The lowest BCUT2D eigenvalue weighted by atomic mass is 9.85. The van der Waals surface area contributed by atoms with E-state index in [-0.39, 0.29) is 24.0 Å². The summed E-state index contributed by atoms with van der Waals surface area (Å²) in [5.74, 6) is -1.42. The van der Waals surface area contributed by atoms with E-state index in [1.807, 2.05) is 20.8 Å². The van der Waals surface area contributed by atoms with Crippen molar-refractivity contribution in [2.45, 2.75) is 78.3 Å². The molecule has 46 heavy (non-hydrogen) atoms. The maximum Gasteiger partial charge on any atom is 0.405 e. The first kappa shape index (κ1) is 38.2. The number of carbonyl (C=O) groups is 3. The molecule has 0 unspecified atom stereocenters. The van der Waals surface area contributed by atoms with Gasteiger partial charge in [-0.15, -0.1) is 0 Å². The number of hydrogen-bond donors (Lipinski definition) is 4. The van der Waals surface area contributed by atoms with E-state index in [0.29, 0.717) is 47.5 Å². The Morgan fingerprint density at radius 2 is 1.96 bits per heavy atom. The molecule has 0 radical (unpaired) electrons. The van der Waals surface area contributed by atoms with Crippen LogP contribution in [0.25, 0.3) is 0 Å². The number of nitrogens with two attached hydrogens (primary N) is 1. The van der Waals surface area contributed by atoms with Crippen LogP contribution in [0.2, 0.25) is 0 Å². The van der Waals surface area contributed by atoms with Crippen molar-refractivity contribution in [2.75, 3.05) is 27.4 Å². The Labute approximate surface area is 272 Å². The Bertz CT molecular complexity index is 1300. The van der Waals surface area contributed by atoms with E-state index in [0.717, 1.165) is 6.42 Å². The van der Waals surface area contributed by atoms with E-state index in [4.69, 9.17) is 24.8 Å². The SMILES string of the molecule is C=CCO/N=C1\C=C2NC(=O)/C(C)=C/C=C\[C@H](OC)[C@@H](OC(N)=O)/C(C)=C/[C@H](C)[C@@H](O)[C@@H](OC)C[C@H](C)CC(=C1NCCC)C2=O. The molecule has 0 fully saturated rings. The lowest BCUT2D eigenvalue weighted by molar-refractivity contribution is -0.119. The van der Waals surface area contributed by atoms with Gasteiger partial charge in [0.05, 0.1) is 23.6 Å². The Hall–Kier alpha value is -4.00. The molecule has 254 valence electrons. The molecule has 6 atom stereocenters. The number of rotatable bonds is 9. The van der Waals surface area contributed by atoms with Crippen LogP contribution in [-0.4, -0.2) is 80.4 Å². The Morgan fingerprint density at radius 3 is 2.57 bits per heavy atom. The van der Waals surface area contributed by atoms with Crippen molar-refractivity contribution in [1.29, 1.82) is 0 Å². The molecule has 12 heteroatoms. The molecule has 1 aliphatic carbocycles. The molecule has 1 aliphatic heterocycles. The molecule has 0 aromatic heterocycles. The number of nitrogens with zero attached hydrogens (tertiary/aromatic N) is 1. The number of ether oxygens (including phenoxy) is 3. The second kappa shape index (κ2) is 18.8. The fourth-order valence-electron chi connectivity index (χ4n) is 5.27. The number of primary amides is 1. The third-order valence-electron chi connectivity index (χ3n) is 7.72. The van der Waals surface area contributed by atoms with Gasteiger partial charge in [0.15, 0.2) is 6.10 Å². The maximum absolute atomic E-state index is 13.9. The number of hydrogen-bond acceptors (Lipinski definition) is 10. The van der Waals surface area contributed by atoms with E-state index in [2.05, 4.69) is 22.4 Å². The average molecular weight is 643 g/mol. The van der Waals surface area contributed by atoms with Gasteiger partial charge < -0.3 is 40.5 Å². The summed E-state index contributed by atoms with van der Waals surface area (Å²) in [4.78, 5) is 44.4. The van der Waals surface area contributed by atoms with Crippen molar-refractivity contribution in [1.82, 2.24) is 10.6 Å². The van der Waals surface area contributed by atoms with Crippen LogP contribution in [0.15, 0.2) is 76.3 Å². The highest BCUT2D eigenvalue weighted by atomic mass is 16.6. The Kier molecular flexibility index (Phi) is 15.6. The van der Waals surface area contributed by atoms with Gasteiger partial charge in [0.1, 0.15) is 18.4 Å². The van der Waals surface area contributed by atoms with Crippen molar-refractivity contribution in [3.8, 4) is 0 Å². The highest BCUT2D eigenvalue weighted by molar-refractivity contribution is 6.25. The van der Waals surface area contributed by atoms with Gasteiger partial charge in [-0.3, -0.25) is 9.59 Å². The number of oxime groups is 1. The van der Waals surface area contributed by atoms with Gasteiger partial charge in [-0.1, -0.05) is 62.9 Å². The first-order valence-electron chi connectivity index (χ1n) is 15.5. The quantitative estimate of drug-likeness (QED) is 0.127. The lowest BCUT2D eigenvalue weighted by Gasteiger charge is -2.30. The predicted molar refractivity (Wildman–Crippen MR) is 176 cm³/mol. The molecule has 2 rings (SSSR count). The number of aliphatic hydroxyl groups is 1.